The second-order valence-corrected chi connectivity index (χ2v) is 6.61. The first kappa shape index (κ1) is 17.9. The van der Waals surface area contributed by atoms with Crippen molar-refractivity contribution < 1.29 is 32.9 Å². The maximum Gasteiger partial charge on any atom is 0.343 e. The van der Waals surface area contributed by atoms with Crippen molar-refractivity contribution in [2.24, 2.45) is 0 Å². The predicted octanol–water partition coefficient (Wildman–Crippen LogP) is 4.39. The fourth-order valence-corrected chi connectivity index (χ4v) is 3.17. The highest BCUT2D eigenvalue weighted by Gasteiger charge is 2.28. The van der Waals surface area contributed by atoms with Crippen LogP contribution in [0.1, 0.15) is 26.3 Å². The van der Waals surface area contributed by atoms with Crippen molar-refractivity contribution in [3.05, 3.63) is 88.9 Å². The van der Waals surface area contributed by atoms with E-state index in [0.29, 0.717) is 28.2 Å². The molecule has 0 unspecified atom stereocenters. The lowest BCUT2D eigenvalue weighted by Crippen LogP contribution is -2.08. The number of allylic oxidation sites excluding steroid dienone is 1. The minimum absolute atomic E-state index is 0.0647. The fourth-order valence-electron chi connectivity index (χ4n) is 3.17. The summed E-state index contributed by atoms with van der Waals surface area (Å²) < 4.78 is 34.9. The molecule has 0 atom stereocenters. The van der Waals surface area contributed by atoms with Gasteiger partial charge in [0, 0.05) is 6.07 Å². The number of benzene rings is 3. The summed E-state index contributed by atoms with van der Waals surface area (Å²) in [5.41, 5.74) is 1.13. The molecule has 7 heteroatoms. The third kappa shape index (κ3) is 3.26. The number of ether oxygens (including phenoxy) is 4. The van der Waals surface area contributed by atoms with Crippen molar-refractivity contribution >= 4 is 17.8 Å². The van der Waals surface area contributed by atoms with Gasteiger partial charge in [0.2, 0.25) is 12.6 Å². The van der Waals surface area contributed by atoms with Crippen LogP contribution in [0, 0.1) is 5.82 Å². The Morgan fingerprint density at radius 1 is 0.967 bits per heavy atom. The third-order valence-corrected chi connectivity index (χ3v) is 4.61. The van der Waals surface area contributed by atoms with Crippen LogP contribution in [0.3, 0.4) is 0 Å². The molecule has 0 saturated carbocycles. The minimum atomic E-state index is -0.590. The van der Waals surface area contributed by atoms with Crippen molar-refractivity contribution in [1.82, 2.24) is 0 Å². The van der Waals surface area contributed by atoms with E-state index in [0.717, 1.165) is 0 Å². The van der Waals surface area contributed by atoms with Gasteiger partial charge in [0.05, 0.1) is 11.1 Å². The molecule has 30 heavy (non-hydrogen) atoms. The Kier molecular flexibility index (Phi) is 4.21. The standard InChI is InChI=1S/C23H13FO6/c24-15-3-1-2-13(8-15)9-21-22(25)17-6-5-16(11-19(17)30-21)29-23(26)14-4-7-18-20(10-14)28-12-27-18/h1-11H,12H2/b21-9+. The second kappa shape index (κ2) is 7.04. The SMILES string of the molecule is O=C(Oc1ccc2c(c1)O/C(=C/c1cccc(F)c1)C2=O)c1ccc2c(c1)OCO2. The quantitative estimate of drug-likeness (QED) is 0.366. The average molecular weight is 404 g/mol. The molecule has 3 aromatic carbocycles. The largest absolute Gasteiger partial charge is 0.454 e. The molecule has 2 aliphatic rings. The molecule has 0 saturated heterocycles. The molecule has 0 fully saturated rings. The second-order valence-electron chi connectivity index (χ2n) is 6.61. The first-order valence-electron chi connectivity index (χ1n) is 9.02. The van der Waals surface area contributed by atoms with E-state index in [2.05, 4.69) is 0 Å². The third-order valence-electron chi connectivity index (χ3n) is 4.61. The Balaban J connectivity index is 1.36. The number of fused-ring (bicyclic) bond motifs is 2. The zero-order chi connectivity index (χ0) is 20.7. The molecule has 0 bridgehead atoms. The number of ketones is 1. The van der Waals surface area contributed by atoms with E-state index in [-0.39, 0.29) is 29.8 Å². The summed E-state index contributed by atoms with van der Waals surface area (Å²) in [6, 6.07) is 15.1. The number of Topliss-reactive ketones (excluding diaryl/α,β-unsaturated/α-hetero) is 1. The van der Waals surface area contributed by atoms with Crippen LogP contribution in [0.4, 0.5) is 4.39 Å². The number of esters is 1. The average Bonchev–Trinajstić information content (AvgIpc) is 3.32. The lowest BCUT2D eigenvalue weighted by atomic mass is 10.1. The Hall–Kier alpha value is -4.13. The zero-order valence-electron chi connectivity index (χ0n) is 15.4. The van der Waals surface area contributed by atoms with Gasteiger partial charge in [0.1, 0.15) is 17.3 Å². The van der Waals surface area contributed by atoms with Crippen LogP contribution in [0.2, 0.25) is 0 Å². The van der Waals surface area contributed by atoms with Gasteiger partial charge in [-0.15, -0.1) is 0 Å². The van der Waals surface area contributed by atoms with E-state index >= 15 is 0 Å². The van der Waals surface area contributed by atoms with Crippen LogP contribution in [-0.4, -0.2) is 18.5 Å². The Labute approximate surface area is 170 Å². The van der Waals surface area contributed by atoms with Crippen LogP contribution >= 0.6 is 0 Å². The molecular weight excluding hydrogens is 391 g/mol. The van der Waals surface area contributed by atoms with Crippen molar-refractivity contribution in [2.45, 2.75) is 0 Å². The highest BCUT2D eigenvalue weighted by molar-refractivity contribution is 6.14. The first-order valence-corrected chi connectivity index (χ1v) is 9.02. The molecule has 0 aliphatic carbocycles. The lowest BCUT2D eigenvalue weighted by molar-refractivity contribution is 0.0734. The van der Waals surface area contributed by atoms with Crippen molar-refractivity contribution in [3.63, 3.8) is 0 Å². The Morgan fingerprint density at radius 3 is 2.70 bits per heavy atom. The lowest BCUT2D eigenvalue weighted by Gasteiger charge is -2.06. The summed E-state index contributed by atoms with van der Waals surface area (Å²) in [5.74, 6) is 0.249. The van der Waals surface area contributed by atoms with Gasteiger partial charge >= 0.3 is 5.97 Å². The summed E-state index contributed by atoms with van der Waals surface area (Å²) in [6.07, 6.45) is 1.46. The van der Waals surface area contributed by atoms with Gasteiger partial charge in [-0.2, -0.15) is 0 Å². The molecule has 0 radical (unpaired) electrons. The molecule has 0 N–H and O–H groups in total. The smallest absolute Gasteiger partial charge is 0.343 e. The number of rotatable bonds is 3. The van der Waals surface area contributed by atoms with E-state index < -0.39 is 11.8 Å². The number of hydrogen-bond acceptors (Lipinski definition) is 6. The normalized spacial score (nSPS) is 15.1. The van der Waals surface area contributed by atoms with Gasteiger partial charge < -0.3 is 18.9 Å². The van der Waals surface area contributed by atoms with Gasteiger partial charge in [-0.3, -0.25) is 4.79 Å². The van der Waals surface area contributed by atoms with Gasteiger partial charge in [-0.05, 0) is 54.1 Å². The maximum absolute atomic E-state index is 13.4. The Morgan fingerprint density at radius 2 is 1.83 bits per heavy atom. The van der Waals surface area contributed by atoms with Crippen molar-refractivity contribution in [1.29, 1.82) is 0 Å². The van der Waals surface area contributed by atoms with Gasteiger partial charge in [0.25, 0.3) is 0 Å². The first-order chi connectivity index (χ1) is 14.6. The summed E-state index contributed by atoms with van der Waals surface area (Å²) >= 11 is 0. The molecule has 5 rings (SSSR count). The summed E-state index contributed by atoms with van der Waals surface area (Å²) in [7, 11) is 0. The monoisotopic (exact) mass is 404 g/mol. The van der Waals surface area contributed by atoms with E-state index in [1.165, 1.54) is 42.5 Å². The molecule has 0 amide bonds. The number of hydrogen-bond donors (Lipinski definition) is 0. The minimum Gasteiger partial charge on any atom is -0.454 e. The van der Waals surface area contributed by atoms with Crippen molar-refractivity contribution in [2.75, 3.05) is 6.79 Å². The van der Waals surface area contributed by atoms with E-state index in [9.17, 15) is 14.0 Å². The number of halogens is 1. The molecule has 6 nitrogen and oxygen atoms in total. The molecule has 2 heterocycles. The zero-order valence-corrected chi connectivity index (χ0v) is 15.4. The molecular formula is C23H13FO6. The predicted molar refractivity (Wildman–Crippen MR) is 103 cm³/mol. The molecule has 0 aromatic heterocycles. The van der Waals surface area contributed by atoms with Gasteiger partial charge in [-0.25, -0.2) is 9.18 Å². The topological polar surface area (TPSA) is 71.1 Å². The summed E-state index contributed by atoms with van der Waals surface area (Å²) in [4.78, 5) is 25.0. The summed E-state index contributed by atoms with van der Waals surface area (Å²) in [6.45, 7) is 0.107. The molecule has 0 spiro atoms. The fraction of sp³-hybridized carbons (Fsp3) is 0.0435. The van der Waals surface area contributed by atoms with Gasteiger partial charge in [-0.1, -0.05) is 12.1 Å². The maximum atomic E-state index is 13.4. The highest BCUT2D eigenvalue weighted by Crippen LogP contribution is 2.36. The molecule has 148 valence electrons. The highest BCUT2D eigenvalue weighted by atomic mass is 19.1. The van der Waals surface area contributed by atoms with Crippen LogP contribution in [0.15, 0.2) is 66.4 Å². The van der Waals surface area contributed by atoms with Crippen molar-refractivity contribution in [3.8, 4) is 23.0 Å². The molecule has 3 aromatic rings. The molecule has 2 aliphatic heterocycles. The van der Waals surface area contributed by atoms with Crippen LogP contribution in [0.25, 0.3) is 6.08 Å². The van der Waals surface area contributed by atoms with Crippen LogP contribution in [0.5, 0.6) is 23.0 Å². The van der Waals surface area contributed by atoms with Crippen LogP contribution < -0.4 is 18.9 Å². The number of carbonyl (C=O) groups is 2. The van der Waals surface area contributed by atoms with Gasteiger partial charge in [0.15, 0.2) is 17.3 Å². The van der Waals surface area contributed by atoms with Crippen LogP contribution in [-0.2, 0) is 0 Å². The summed E-state index contributed by atoms with van der Waals surface area (Å²) in [5, 5.41) is 0. The van der Waals surface area contributed by atoms with E-state index in [1.807, 2.05) is 0 Å². The van der Waals surface area contributed by atoms with E-state index in [1.54, 1.807) is 24.3 Å². The van der Waals surface area contributed by atoms with E-state index in [4.69, 9.17) is 18.9 Å². The number of carbonyl (C=O) groups excluding carboxylic acids is 2. The Bertz CT molecular complexity index is 1230.